The molecule has 112 valence electrons. The van der Waals surface area contributed by atoms with Gasteiger partial charge in [0.25, 0.3) is 0 Å². The number of aliphatic imine (C=N–C) groups is 1. The van der Waals surface area contributed by atoms with Gasteiger partial charge < -0.3 is 11.1 Å². The van der Waals surface area contributed by atoms with Crippen LogP contribution in [0, 0.1) is 6.92 Å². The molecule has 21 heavy (non-hydrogen) atoms. The van der Waals surface area contributed by atoms with Crippen LogP contribution < -0.4 is 11.1 Å². The molecule has 0 aliphatic heterocycles. The molecular weight excluding hydrogens is 327 g/mol. The fourth-order valence-electron chi connectivity index (χ4n) is 1.84. The maximum Gasteiger partial charge on any atom is 0.189 e. The number of nitrogens with zero attached hydrogens (tertiary/aromatic N) is 2. The zero-order valence-electron chi connectivity index (χ0n) is 11.7. The summed E-state index contributed by atoms with van der Waals surface area (Å²) in [7, 11) is 0. The first-order chi connectivity index (χ1) is 9.95. The molecular formula is C14H16Cl2N4S. The molecule has 1 aromatic heterocycles. The predicted octanol–water partition coefficient (Wildman–Crippen LogP) is 3.92. The van der Waals surface area contributed by atoms with Crippen molar-refractivity contribution in [1.82, 2.24) is 10.3 Å². The molecule has 0 saturated carbocycles. The van der Waals surface area contributed by atoms with Crippen molar-refractivity contribution in [2.24, 2.45) is 10.7 Å². The van der Waals surface area contributed by atoms with Crippen molar-refractivity contribution in [1.29, 1.82) is 0 Å². The van der Waals surface area contributed by atoms with Gasteiger partial charge in [0, 0.05) is 21.1 Å². The highest BCUT2D eigenvalue weighted by atomic mass is 35.5. The summed E-state index contributed by atoms with van der Waals surface area (Å²) in [5, 5.41) is 5.35. The molecule has 0 radical (unpaired) electrons. The van der Waals surface area contributed by atoms with Gasteiger partial charge in [-0.25, -0.2) is 9.98 Å². The van der Waals surface area contributed by atoms with E-state index in [0.717, 1.165) is 15.4 Å². The van der Waals surface area contributed by atoms with E-state index >= 15 is 0 Å². The van der Waals surface area contributed by atoms with E-state index in [1.54, 1.807) is 23.5 Å². The first-order valence-electron chi connectivity index (χ1n) is 6.38. The molecule has 0 bridgehead atoms. The second-order valence-corrected chi connectivity index (χ2v) is 6.74. The monoisotopic (exact) mass is 342 g/mol. The zero-order valence-corrected chi connectivity index (χ0v) is 14.1. The topological polar surface area (TPSA) is 63.3 Å². The Morgan fingerprint density at radius 2 is 2.24 bits per heavy atom. The van der Waals surface area contributed by atoms with Crippen LogP contribution in [-0.2, 0) is 6.54 Å². The van der Waals surface area contributed by atoms with Crippen molar-refractivity contribution in [3.05, 3.63) is 49.9 Å². The summed E-state index contributed by atoms with van der Waals surface area (Å²) in [6.45, 7) is 4.45. The van der Waals surface area contributed by atoms with Crippen LogP contribution in [0.15, 0.2) is 29.4 Å². The lowest BCUT2D eigenvalue weighted by atomic mass is 10.1. The van der Waals surface area contributed by atoms with Gasteiger partial charge in [0.15, 0.2) is 5.96 Å². The van der Waals surface area contributed by atoms with Gasteiger partial charge in [-0.2, -0.15) is 0 Å². The first-order valence-corrected chi connectivity index (χ1v) is 7.95. The smallest absolute Gasteiger partial charge is 0.189 e. The van der Waals surface area contributed by atoms with Crippen LogP contribution in [0.5, 0.6) is 0 Å². The summed E-state index contributed by atoms with van der Waals surface area (Å²) in [6.07, 6.45) is 1.82. The molecule has 0 aliphatic carbocycles. The Balaban J connectivity index is 1.99. The van der Waals surface area contributed by atoms with Gasteiger partial charge in [0.2, 0.25) is 0 Å². The number of guanidine groups is 1. The number of halogens is 2. The van der Waals surface area contributed by atoms with E-state index in [1.165, 1.54) is 0 Å². The molecule has 1 aromatic carbocycles. The van der Waals surface area contributed by atoms with Gasteiger partial charge in [-0.3, -0.25) is 0 Å². The van der Waals surface area contributed by atoms with Crippen LogP contribution in [-0.4, -0.2) is 10.9 Å². The Bertz CT molecular complexity index is 654. The molecule has 2 rings (SSSR count). The van der Waals surface area contributed by atoms with Crippen molar-refractivity contribution in [3.63, 3.8) is 0 Å². The van der Waals surface area contributed by atoms with Crippen LogP contribution in [0.4, 0.5) is 0 Å². The summed E-state index contributed by atoms with van der Waals surface area (Å²) in [5.74, 6) is 0.375. The SMILES string of the molecule is Cc1ncc(CN=C(N)NC(C)c2ccc(Cl)cc2Cl)s1. The van der Waals surface area contributed by atoms with Crippen LogP contribution in [0.25, 0.3) is 0 Å². The van der Waals surface area contributed by atoms with Crippen molar-refractivity contribution in [2.75, 3.05) is 0 Å². The predicted molar refractivity (Wildman–Crippen MR) is 90.2 cm³/mol. The quantitative estimate of drug-likeness (QED) is 0.653. The van der Waals surface area contributed by atoms with Crippen LogP contribution in [0.2, 0.25) is 10.0 Å². The highest BCUT2D eigenvalue weighted by molar-refractivity contribution is 7.11. The normalized spacial score (nSPS) is 13.2. The highest BCUT2D eigenvalue weighted by Gasteiger charge is 2.10. The molecule has 7 heteroatoms. The Hall–Kier alpha value is -1.30. The second-order valence-electron chi connectivity index (χ2n) is 4.58. The third kappa shape index (κ3) is 4.59. The average Bonchev–Trinajstić information content (AvgIpc) is 2.82. The Morgan fingerprint density at radius 3 is 2.86 bits per heavy atom. The average molecular weight is 343 g/mol. The molecule has 0 fully saturated rings. The minimum absolute atomic E-state index is 0.0540. The van der Waals surface area contributed by atoms with Crippen LogP contribution in [0.3, 0.4) is 0 Å². The van der Waals surface area contributed by atoms with E-state index in [1.807, 2.05) is 26.1 Å². The molecule has 1 heterocycles. The Labute approximate surface area is 138 Å². The van der Waals surface area contributed by atoms with E-state index in [4.69, 9.17) is 28.9 Å². The van der Waals surface area contributed by atoms with E-state index in [2.05, 4.69) is 15.3 Å². The largest absolute Gasteiger partial charge is 0.370 e. The van der Waals surface area contributed by atoms with Gasteiger partial charge in [-0.15, -0.1) is 11.3 Å². The fraction of sp³-hybridized carbons (Fsp3) is 0.286. The van der Waals surface area contributed by atoms with Crippen LogP contribution >= 0.6 is 34.5 Å². The number of thiazole rings is 1. The zero-order chi connectivity index (χ0) is 15.4. The summed E-state index contributed by atoms with van der Waals surface area (Å²) in [4.78, 5) is 9.56. The third-order valence-corrected chi connectivity index (χ3v) is 4.33. The number of nitrogens with two attached hydrogens (primary N) is 1. The van der Waals surface area contributed by atoms with E-state index in [9.17, 15) is 0 Å². The number of rotatable bonds is 4. The van der Waals surface area contributed by atoms with Gasteiger partial charge in [0.05, 0.1) is 17.6 Å². The van der Waals surface area contributed by atoms with Gasteiger partial charge >= 0.3 is 0 Å². The Kier molecular flexibility index (Phi) is 5.45. The number of nitrogens with one attached hydrogen (secondary N) is 1. The molecule has 1 atom stereocenters. The fourth-order valence-corrected chi connectivity index (χ4v) is 3.13. The second kappa shape index (κ2) is 7.11. The van der Waals surface area contributed by atoms with Crippen molar-refractivity contribution in [2.45, 2.75) is 26.4 Å². The minimum Gasteiger partial charge on any atom is -0.370 e. The third-order valence-electron chi connectivity index (χ3n) is 2.87. The lowest BCUT2D eigenvalue weighted by Crippen LogP contribution is -2.33. The highest BCUT2D eigenvalue weighted by Crippen LogP contribution is 2.25. The molecule has 1 unspecified atom stereocenters. The standard InChI is InChI=1S/C14H16Cl2N4S/c1-8(12-4-3-10(15)5-13(12)16)20-14(17)19-7-11-6-18-9(2)21-11/h3-6,8H,7H2,1-2H3,(H3,17,19,20). The number of aromatic nitrogens is 1. The van der Waals surface area contributed by atoms with Crippen molar-refractivity contribution < 1.29 is 0 Å². The van der Waals surface area contributed by atoms with Gasteiger partial charge in [-0.05, 0) is 31.5 Å². The molecule has 4 nitrogen and oxygen atoms in total. The number of aryl methyl sites for hydroxylation is 1. The van der Waals surface area contributed by atoms with Crippen molar-refractivity contribution >= 4 is 40.5 Å². The summed E-state index contributed by atoms with van der Waals surface area (Å²) >= 11 is 13.7. The lowest BCUT2D eigenvalue weighted by molar-refractivity contribution is 0.708. The van der Waals surface area contributed by atoms with Crippen molar-refractivity contribution in [3.8, 4) is 0 Å². The maximum absolute atomic E-state index is 6.17. The molecule has 0 spiro atoms. The van der Waals surface area contributed by atoms with E-state index < -0.39 is 0 Å². The number of hydrogen-bond acceptors (Lipinski definition) is 3. The summed E-state index contributed by atoms with van der Waals surface area (Å²) < 4.78 is 0. The van der Waals surface area contributed by atoms with Gasteiger partial charge in [0.1, 0.15) is 0 Å². The van der Waals surface area contributed by atoms with Crippen LogP contribution in [0.1, 0.15) is 28.4 Å². The number of benzene rings is 1. The minimum atomic E-state index is -0.0540. The molecule has 0 aliphatic rings. The summed E-state index contributed by atoms with van der Waals surface area (Å²) in [6, 6.07) is 5.34. The first kappa shape index (κ1) is 16.1. The molecule has 3 N–H and O–H groups in total. The molecule has 0 saturated heterocycles. The summed E-state index contributed by atoms with van der Waals surface area (Å²) in [5.41, 5.74) is 6.82. The number of hydrogen-bond donors (Lipinski definition) is 2. The molecule has 2 aromatic rings. The van der Waals surface area contributed by atoms with Gasteiger partial charge in [-0.1, -0.05) is 29.3 Å². The maximum atomic E-state index is 6.17. The van der Waals surface area contributed by atoms with E-state index in [-0.39, 0.29) is 6.04 Å². The van der Waals surface area contributed by atoms with E-state index in [0.29, 0.717) is 22.5 Å². The lowest BCUT2D eigenvalue weighted by Gasteiger charge is -2.16. The molecule has 0 amide bonds. The Morgan fingerprint density at radius 1 is 1.48 bits per heavy atom.